The molecule has 3 nitrogen and oxygen atoms in total. The lowest BCUT2D eigenvalue weighted by Crippen LogP contribution is -2.30. The molecule has 110 valence electrons. The summed E-state index contributed by atoms with van der Waals surface area (Å²) in [6.45, 7) is 1.95. The van der Waals surface area contributed by atoms with E-state index in [1.54, 1.807) is 0 Å². The topological polar surface area (TPSA) is 49.3 Å². The van der Waals surface area contributed by atoms with E-state index in [2.05, 4.69) is 5.32 Å². The fraction of sp³-hybridized carbons (Fsp3) is 0.278. The van der Waals surface area contributed by atoms with Crippen molar-refractivity contribution in [2.75, 3.05) is 6.61 Å². The molecule has 1 amide bonds. The van der Waals surface area contributed by atoms with E-state index in [1.807, 2.05) is 61.5 Å². The second kappa shape index (κ2) is 7.60. The SMILES string of the molecule is Cc1ccc(CCC(=O)N[C@@H](CO)c2ccccc2)cc1. The molecule has 0 aliphatic rings. The van der Waals surface area contributed by atoms with E-state index in [0.717, 1.165) is 11.1 Å². The first-order chi connectivity index (χ1) is 10.2. The third-order valence-corrected chi connectivity index (χ3v) is 3.48. The van der Waals surface area contributed by atoms with Gasteiger partial charge in [-0.2, -0.15) is 0 Å². The number of hydrogen-bond acceptors (Lipinski definition) is 2. The summed E-state index contributed by atoms with van der Waals surface area (Å²) < 4.78 is 0. The Morgan fingerprint density at radius 1 is 1.10 bits per heavy atom. The van der Waals surface area contributed by atoms with Gasteiger partial charge < -0.3 is 10.4 Å². The van der Waals surface area contributed by atoms with Crippen molar-refractivity contribution in [1.82, 2.24) is 5.32 Å². The van der Waals surface area contributed by atoms with Crippen LogP contribution >= 0.6 is 0 Å². The number of rotatable bonds is 6. The number of carbonyl (C=O) groups excluding carboxylic acids is 1. The molecule has 0 spiro atoms. The van der Waals surface area contributed by atoms with Crippen LogP contribution in [0.2, 0.25) is 0 Å². The molecule has 0 heterocycles. The van der Waals surface area contributed by atoms with E-state index in [4.69, 9.17) is 0 Å². The van der Waals surface area contributed by atoms with Gasteiger partial charge in [-0.1, -0.05) is 60.2 Å². The maximum absolute atomic E-state index is 12.0. The van der Waals surface area contributed by atoms with Crippen molar-refractivity contribution in [3.05, 3.63) is 71.3 Å². The minimum atomic E-state index is -0.336. The summed E-state index contributed by atoms with van der Waals surface area (Å²) >= 11 is 0. The summed E-state index contributed by atoms with van der Waals surface area (Å²) in [6, 6.07) is 17.4. The molecule has 2 aromatic rings. The van der Waals surface area contributed by atoms with Crippen molar-refractivity contribution >= 4 is 5.91 Å². The molecule has 2 aromatic carbocycles. The van der Waals surface area contributed by atoms with E-state index < -0.39 is 0 Å². The normalized spacial score (nSPS) is 11.9. The smallest absolute Gasteiger partial charge is 0.220 e. The van der Waals surface area contributed by atoms with Crippen LogP contribution in [0.5, 0.6) is 0 Å². The third-order valence-electron chi connectivity index (χ3n) is 3.48. The van der Waals surface area contributed by atoms with Crippen molar-refractivity contribution < 1.29 is 9.90 Å². The van der Waals surface area contributed by atoms with Crippen LogP contribution in [0.4, 0.5) is 0 Å². The molecule has 21 heavy (non-hydrogen) atoms. The highest BCUT2D eigenvalue weighted by Gasteiger charge is 2.13. The van der Waals surface area contributed by atoms with Crippen LogP contribution in [0, 0.1) is 6.92 Å². The Morgan fingerprint density at radius 2 is 1.76 bits per heavy atom. The van der Waals surface area contributed by atoms with E-state index in [-0.39, 0.29) is 18.6 Å². The number of aryl methyl sites for hydroxylation is 2. The van der Waals surface area contributed by atoms with Crippen LogP contribution in [-0.4, -0.2) is 17.6 Å². The minimum Gasteiger partial charge on any atom is -0.394 e. The molecule has 0 saturated heterocycles. The van der Waals surface area contributed by atoms with Gasteiger partial charge in [-0.25, -0.2) is 0 Å². The molecule has 0 radical (unpaired) electrons. The van der Waals surface area contributed by atoms with Crippen LogP contribution in [0.15, 0.2) is 54.6 Å². The van der Waals surface area contributed by atoms with E-state index >= 15 is 0 Å². The largest absolute Gasteiger partial charge is 0.394 e. The quantitative estimate of drug-likeness (QED) is 0.856. The fourth-order valence-corrected chi connectivity index (χ4v) is 2.20. The van der Waals surface area contributed by atoms with Crippen LogP contribution in [-0.2, 0) is 11.2 Å². The van der Waals surface area contributed by atoms with Gasteiger partial charge in [0.2, 0.25) is 5.91 Å². The summed E-state index contributed by atoms with van der Waals surface area (Å²) in [6.07, 6.45) is 1.13. The van der Waals surface area contributed by atoms with Gasteiger partial charge in [0.1, 0.15) is 0 Å². The van der Waals surface area contributed by atoms with Crippen LogP contribution in [0.25, 0.3) is 0 Å². The fourth-order valence-electron chi connectivity index (χ4n) is 2.20. The second-order valence-electron chi connectivity index (χ2n) is 5.20. The first-order valence-corrected chi connectivity index (χ1v) is 7.20. The summed E-state index contributed by atoms with van der Waals surface area (Å²) in [5, 5.41) is 12.3. The summed E-state index contributed by atoms with van der Waals surface area (Å²) in [5.74, 6) is -0.0431. The number of nitrogens with one attached hydrogen (secondary N) is 1. The minimum absolute atomic E-state index is 0.0431. The van der Waals surface area contributed by atoms with E-state index in [1.165, 1.54) is 5.56 Å². The molecule has 2 N–H and O–H groups in total. The molecule has 3 heteroatoms. The molecule has 0 aromatic heterocycles. The molecular formula is C18H21NO2. The van der Waals surface area contributed by atoms with E-state index in [9.17, 15) is 9.90 Å². The number of benzene rings is 2. The van der Waals surface area contributed by atoms with Crippen LogP contribution in [0.1, 0.15) is 29.2 Å². The summed E-state index contributed by atoms with van der Waals surface area (Å²) in [7, 11) is 0. The maximum Gasteiger partial charge on any atom is 0.220 e. The number of aliphatic hydroxyl groups excluding tert-OH is 1. The van der Waals surface area contributed by atoms with Gasteiger partial charge in [0, 0.05) is 6.42 Å². The van der Waals surface area contributed by atoms with Crippen LogP contribution < -0.4 is 5.32 Å². The van der Waals surface area contributed by atoms with Crippen LogP contribution in [0.3, 0.4) is 0 Å². The van der Waals surface area contributed by atoms with Crippen molar-refractivity contribution in [2.24, 2.45) is 0 Å². The molecule has 0 saturated carbocycles. The van der Waals surface area contributed by atoms with Crippen molar-refractivity contribution in [3.8, 4) is 0 Å². The van der Waals surface area contributed by atoms with Gasteiger partial charge in [0.15, 0.2) is 0 Å². The van der Waals surface area contributed by atoms with Gasteiger partial charge in [0.25, 0.3) is 0 Å². The zero-order valence-electron chi connectivity index (χ0n) is 12.3. The lowest BCUT2D eigenvalue weighted by Gasteiger charge is -2.16. The number of carbonyl (C=O) groups is 1. The molecule has 1 atom stereocenters. The van der Waals surface area contributed by atoms with Gasteiger partial charge in [-0.05, 0) is 24.5 Å². The highest BCUT2D eigenvalue weighted by atomic mass is 16.3. The highest BCUT2D eigenvalue weighted by molar-refractivity contribution is 5.76. The Balaban J connectivity index is 1.87. The zero-order chi connectivity index (χ0) is 15.1. The van der Waals surface area contributed by atoms with Crippen molar-refractivity contribution in [3.63, 3.8) is 0 Å². The predicted octanol–water partition coefficient (Wildman–Crippen LogP) is 2.78. The first kappa shape index (κ1) is 15.3. The summed E-state index contributed by atoms with van der Waals surface area (Å²) in [4.78, 5) is 12.0. The molecular weight excluding hydrogens is 262 g/mol. The molecule has 0 aliphatic heterocycles. The first-order valence-electron chi connectivity index (χ1n) is 7.20. The van der Waals surface area contributed by atoms with Gasteiger partial charge in [-0.3, -0.25) is 4.79 Å². The molecule has 2 rings (SSSR count). The predicted molar refractivity (Wildman–Crippen MR) is 83.9 cm³/mol. The van der Waals surface area contributed by atoms with E-state index in [0.29, 0.717) is 12.8 Å². The molecule has 0 aliphatic carbocycles. The Morgan fingerprint density at radius 3 is 2.38 bits per heavy atom. The summed E-state index contributed by atoms with van der Waals surface area (Å²) in [5.41, 5.74) is 3.28. The monoisotopic (exact) mass is 283 g/mol. The maximum atomic E-state index is 12.0. The number of hydrogen-bond donors (Lipinski definition) is 2. The van der Waals surface area contributed by atoms with Crippen molar-refractivity contribution in [1.29, 1.82) is 0 Å². The number of aliphatic hydroxyl groups is 1. The Bertz CT molecular complexity index is 564. The lowest BCUT2D eigenvalue weighted by molar-refractivity contribution is -0.122. The number of amides is 1. The Kier molecular flexibility index (Phi) is 5.52. The zero-order valence-corrected chi connectivity index (χ0v) is 12.3. The Hall–Kier alpha value is -2.13. The molecule has 0 unspecified atom stereocenters. The highest BCUT2D eigenvalue weighted by Crippen LogP contribution is 2.12. The molecule has 0 bridgehead atoms. The standard InChI is InChI=1S/C18H21NO2/c1-14-7-9-15(10-8-14)11-12-18(21)19-17(13-20)16-5-3-2-4-6-16/h2-10,17,20H,11-13H2,1H3,(H,19,21)/t17-/m0/s1. The average Bonchev–Trinajstić information content (AvgIpc) is 2.53. The van der Waals surface area contributed by atoms with Gasteiger partial charge >= 0.3 is 0 Å². The Labute approximate surface area is 125 Å². The van der Waals surface area contributed by atoms with Gasteiger partial charge in [-0.15, -0.1) is 0 Å². The lowest BCUT2D eigenvalue weighted by atomic mass is 10.1. The average molecular weight is 283 g/mol. The van der Waals surface area contributed by atoms with Gasteiger partial charge in [0.05, 0.1) is 12.6 Å². The van der Waals surface area contributed by atoms with Crippen molar-refractivity contribution in [2.45, 2.75) is 25.8 Å². The second-order valence-corrected chi connectivity index (χ2v) is 5.20. The third kappa shape index (κ3) is 4.72. The molecule has 0 fully saturated rings.